The number of unbranched alkanes of at least 4 members (excludes halogenated alkanes) is 36. The Morgan fingerprint density at radius 1 is 0.492 bits per heavy atom. The van der Waals surface area contributed by atoms with Crippen LogP contribution in [0.4, 0.5) is 0 Å². The third-order valence-corrected chi connectivity index (χ3v) is 12.6. The minimum atomic E-state index is -4.30. The largest absolute Gasteiger partial charge is 2.00 e. The third kappa shape index (κ3) is 65.9. The summed E-state index contributed by atoms with van der Waals surface area (Å²) in [5, 5.41) is 13.8. The molecule has 0 aromatic heterocycles. The van der Waals surface area contributed by atoms with Crippen LogP contribution in [0.15, 0.2) is 29.3 Å². The van der Waals surface area contributed by atoms with E-state index in [0.717, 1.165) is 25.7 Å². The Labute approximate surface area is 419 Å². The van der Waals surface area contributed by atoms with Gasteiger partial charge in [0.05, 0.1) is 28.2 Å². The number of carbonyl (C=O) groups is 1. The van der Waals surface area contributed by atoms with E-state index in [9.17, 15) is 31.3 Å². The van der Waals surface area contributed by atoms with Crippen molar-refractivity contribution in [2.24, 2.45) is 4.99 Å². The van der Waals surface area contributed by atoms with Gasteiger partial charge in [-0.2, -0.15) is 8.42 Å². The summed E-state index contributed by atoms with van der Waals surface area (Å²) in [6.07, 6.45) is 56.9. The third-order valence-electron chi connectivity index (χ3n) is 11.2. The van der Waals surface area contributed by atoms with Crippen LogP contribution in [0.3, 0.4) is 0 Å². The number of amides is 1. The molecule has 0 aromatic carbocycles. The molecule has 0 saturated carbocycles. The smallest absolute Gasteiger partial charge is 0.859 e. The van der Waals surface area contributed by atoms with Crippen molar-refractivity contribution >= 4 is 69.8 Å². The average molecular weight is 958 g/mol. The molecule has 13 heteroatoms. The molecule has 0 aromatic rings. The zero-order chi connectivity index (χ0) is 46.1. The van der Waals surface area contributed by atoms with Crippen LogP contribution in [-0.2, 0) is 25.0 Å². The first-order valence-electron chi connectivity index (χ1n) is 25.6. The number of nitrogens with one attached hydrogen (secondary N) is 1. The van der Waals surface area contributed by atoms with Gasteiger partial charge in [-0.25, -0.2) is 8.42 Å². The summed E-state index contributed by atoms with van der Waals surface area (Å²) in [6.45, 7) is 4.22. The number of hydrogen-bond donors (Lipinski definition) is 2. The summed E-state index contributed by atoms with van der Waals surface area (Å²) >= 11 is 0. The molecule has 0 rings (SSSR count). The molecule has 368 valence electrons. The molecule has 0 saturated heterocycles. The van der Waals surface area contributed by atoms with E-state index >= 15 is 0 Å². The van der Waals surface area contributed by atoms with Crippen LogP contribution >= 0.6 is 0 Å². The molecule has 0 aliphatic heterocycles. The molecule has 0 spiro atoms. The van der Waals surface area contributed by atoms with Crippen LogP contribution in [0.2, 0.25) is 0 Å². The molecule has 0 aliphatic rings. The topological polar surface area (TPSA) is 176 Å². The van der Waals surface area contributed by atoms with E-state index < -0.39 is 37.6 Å². The maximum absolute atomic E-state index is 11.4. The number of hydrogen-bond acceptors (Lipinski definition) is 8. The minimum absolute atomic E-state index is 0. The number of rotatable bonds is 46. The van der Waals surface area contributed by atoms with Gasteiger partial charge in [-0.3, -0.25) is 9.35 Å². The van der Waals surface area contributed by atoms with E-state index in [-0.39, 0.29) is 56.7 Å². The van der Waals surface area contributed by atoms with Gasteiger partial charge in [0.15, 0.2) is 0 Å². The Bertz CT molecular complexity index is 1280. The van der Waals surface area contributed by atoms with Gasteiger partial charge in [-0.1, -0.05) is 250 Å². The van der Waals surface area contributed by atoms with Gasteiger partial charge in [0.25, 0.3) is 10.1 Å². The van der Waals surface area contributed by atoms with Gasteiger partial charge >= 0.3 is 37.7 Å². The van der Waals surface area contributed by atoms with Gasteiger partial charge in [0.2, 0.25) is 5.91 Å². The van der Waals surface area contributed by atoms with Gasteiger partial charge in [0.1, 0.15) is 0 Å². The standard InChI is InChI=1S/2C25H49NO4S.Ca/c2*1-2-3-4-5-6-7-8-9-10-11-12-13-14-15-16-17-18-19-20-21-22-25(27)26-23-24-31(28,29)30;/h2*21-22H,2-20,23-24H2,1H3,(H,26,27)(H,28,29,30);/q;;+2/p-2/b2*22-21+;. The number of aliphatic imine (C=N–C) groups is 1. The van der Waals surface area contributed by atoms with Crippen molar-refractivity contribution in [3.8, 4) is 0 Å². The molecule has 0 bridgehead atoms. The predicted molar refractivity (Wildman–Crippen MR) is 267 cm³/mol. The molecule has 0 heterocycles. The summed E-state index contributed by atoms with van der Waals surface area (Å²) in [5.41, 5.74) is 0. The van der Waals surface area contributed by atoms with E-state index in [1.807, 2.05) is 6.08 Å². The van der Waals surface area contributed by atoms with Crippen LogP contribution in [0.1, 0.15) is 258 Å². The van der Waals surface area contributed by atoms with E-state index in [4.69, 9.17) is 4.55 Å². The van der Waals surface area contributed by atoms with Crippen molar-refractivity contribution < 1.29 is 35.8 Å². The van der Waals surface area contributed by atoms with Crippen molar-refractivity contribution in [1.82, 2.24) is 5.32 Å². The van der Waals surface area contributed by atoms with Crippen molar-refractivity contribution in [2.45, 2.75) is 258 Å². The second-order valence-electron chi connectivity index (χ2n) is 17.5. The van der Waals surface area contributed by atoms with Crippen LogP contribution in [0.25, 0.3) is 0 Å². The molecule has 0 radical (unpaired) electrons. The van der Waals surface area contributed by atoms with E-state index in [1.165, 1.54) is 230 Å². The number of nitrogens with zero attached hydrogens (tertiary/aromatic N) is 1. The fourth-order valence-corrected chi connectivity index (χ4v) is 8.06. The fraction of sp³-hybridized carbons (Fsp3) is 0.880. The fourth-order valence-electron chi connectivity index (χ4n) is 7.38. The van der Waals surface area contributed by atoms with Crippen molar-refractivity contribution in [2.75, 3.05) is 24.6 Å². The maximum atomic E-state index is 11.4. The van der Waals surface area contributed by atoms with Gasteiger partial charge in [0, 0.05) is 6.54 Å². The Hall–Kier alpha value is -0.500. The van der Waals surface area contributed by atoms with E-state index in [2.05, 4.69) is 24.2 Å². The Morgan fingerprint density at radius 3 is 1.06 bits per heavy atom. The molecule has 2 N–H and O–H groups in total. The summed E-state index contributed by atoms with van der Waals surface area (Å²) in [4.78, 5) is 15.0. The summed E-state index contributed by atoms with van der Waals surface area (Å²) < 4.78 is 60.9. The first-order chi connectivity index (χ1) is 29.9. The predicted octanol–water partition coefficient (Wildman–Crippen LogP) is 12.9. The van der Waals surface area contributed by atoms with Crippen LogP contribution in [0, 0.1) is 0 Å². The van der Waals surface area contributed by atoms with E-state index in [0.29, 0.717) is 0 Å². The van der Waals surface area contributed by atoms with Crippen molar-refractivity contribution in [3.63, 3.8) is 0 Å². The Balaban J connectivity index is -0.00000112. The number of carbonyl (C=O) groups excluding carboxylic acids is 1. The molecule has 1 amide bonds. The normalized spacial score (nSPS) is 12.2. The zero-order valence-electron chi connectivity index (χ0n) is 40.8. The molecule has 63 heavy (non-hydrogen) atoms. The molecule has 0 atom stereocenters. The van der Waals surface area contributed by atoms with Crippen molar-refractivity contribution in [3.05, 3.63) is 24.3 Å². The summed E-state index contributed by atoms with van der Waals surface area (Å²) in [6, 6.07) is 0. The molecule has 10 nitrogen and oxygen atoms in total. The van der Waals surface area contributed by atoms with Crippen LogP contribution in [0.5, 0.6) is 0 Å². The second-order valence-corrected chi connectivity index (χ2v) is 20.6. The monoisotopic (exact) mass is 957 g/mol. The van der Waals surface area contributed by atoms with Crippen LogP contribution in [-0.4, -0.2) is 100 Å². The SMILES string of the molecule is CCCCCCCCCCCCCCCCCCCC/C=C/C(=O)NCCS(=O)(=O)O.CCCCCCCCCCCCCCCCCCCC/C=C/C([O-])=NCCS(=O)(=O)[O-].[Ca+2]. The van der Waals surface area contributed by atoms with Gasteiger partial charge in [-0.05, 0) is 37.7 Å². The zero-order valence-corrected chi connectivity index (χ0v) is 44.6. The molecule has 0 fully saturated rings. The van der Waals surface area contributed by atoms with Gasteiger partial charge in [-0.15, -0.1) is 0 Å². The summed E-state index contributed by atoms with van der Waals surface area (Å²) in [7, 11) is -8.31. The minimum Gasteiger partial charge on any atom is -0.859 e. The maximum Gasteiger partial charge on any atom is 2.00 e. The first-order valence-corrected chi connectivity index (χ1v) is 28.8. The molecule has 0 unspecified atom stereocenters. The quantitative estimate of drug-likeness (QED) is 0.0151. The molecule has 0 aliphatic carbocycles. The molecular weight excluding hydrogens is 861 g/mol. The Kier molecular flexibility index (Phi) is 55.6. The van der Waals surface area contributed by atoms with Gasteiger partial charge < -0.3 is 20.0 Å². The Morgan fingerprint density at radius 2 is 0.778 bits per heavy atom. The van der Waals surface area contributed by atoms with E-state index in [1.54, 1.807) is 6.08 Å². The molecular formula is C50H96CaN2O8S2. The second kappa shape index (κ2) is 52.5. The average Bonchev–Trinajstić information content (AvgIpc) is 3.21. The van der Waals surface area contributed by atoms with Crippen LogP contribution < -0.4 is 10.4 Å². The van der Waals surface area contributed by atoms with Crippen molar-refractivity contribution in [1.29, 1.82) is 0 Å². The number of allylic oxidation sites excluding steroid dienone is 2. The first kappa shape index (κ1) is 66.8. The summed E-state index contributed by atoms with van der Waals surface area (Å²) in [5.74, 6) is -1.85.